The van der Waals surface area contributed by atoms with Crippen molar-refractivity contribution in [2.75, 3.05) is 25.6 Å². The van der Waals surface area contributed by atoms with Gasteiger partial charge in [0.05, 0.1) is 14.7 Å². The van der Waals surface area contributed by atoms with Crippen molar-refractivity contribution < 1.29 is 18.7 Å². The zero-order valence-corrected chi connectivity index (χ0v) is 20.3. The van der Waals surface area contributed by atoms with E-state index in [1.54, 1.807) is 38.3 Å². The molecule has 0 radical (unpaired) electrons. The van der Waals surface area contributed by atoms with Gasteiger partial charge in [-0.2, -0.15) is 0 Å². The first-order valence-electron chi connectivity index (χ1n) is 10.2. The average molecular weight is 448 g/mol. The Morgan fingerprint density at radius 1 is 1.26 bits per heavy atom. The van der Waals surface area contributed by atoms with Gasteiger partial charge in [0.15, 0.2) is 0 Å². The summed E-state index contributed by atoms with van der Waals surface area (Å²) in [5.74, 6) is -0.865. The number of benzene rings is 1. The maximum absolute atomic E-state index is 14.5. The van der Waals surface area contributed by atoms with Crippen molar-refractivity contribution in [1.82, 2.24) is 10.6 Å². The second-order valence-corrected chi connectivity index (χ2v) is 13.1. The molecule has 0 fully saturated rings. The van der Waals surface area contributed by atoms with E-state index in [1.165, 1.54) is 6.07 Å². The van der Waals surface area contributed by atoms with Gasteiger partial charge in [-0.25, -0.2) is 9.18 Å². The molecule has 0 aliphatic rings. The Balaban J connectivity index is 3.08. The Hall–Kier alpha value is -2.71. The fourth-order valence-electron chi connectivity index (χ4n) is 2.79. The van der Waals surface area contributed by atoms with Crippen molar-refractivity contribution in [3.05, 3.63) is 60.0 Å². The van der Waals surface area contributed by atoms with Crippen molar-refractivity contribution in [1.29, 1.82) is 0 Å². The molecule has 0 saturated heterocycles. The van der Waals surface area contributed by atoms with Crippen molar-refractivity contribution in [2.24, 2.45) is 0 Å². The van der Waals surface area contributed by atoms with Gasteiger partial charge >= 0.3 is 6.03 Å². The molecule has 0 aliphatic heterocycles. The lowest BCUT2D eigenvalue weighted by Gasteiger charge is -2.21. The maximum atomic E-state index is 14.5. The molecular formula is C23H34FN3O3Si. The number of anilines is 1. The fourth-order valence-corrected chi connectivity index (χ4v) is 4.16. The van der Waals surface area contributed by atoms with Gasteiger partial charge in [-0.3, -0.25) is 4.79 Å². The highest BCUT2D eigenvalue weighted by molar-refractivity contribution is 6.88. The van der Waals surface area contributed by atoms with Crippen LogP contribution in [0.4, 0.5) is 14.9 Å². The zero-order chi connectivity index (χ0) is 23.6. The molecule has 3 amide bonds. The first-order valence-corrected chi connectivity index (χ1v) is 13.7. The minimum atomic E-state index is -1.84. The SMILES string of the molecule is C=C(/C=C\C(=C/C)COC)[C@@H](NC(=O)NCC)C(=O)Nc1ccc([Si](C)(C)C)c(F)c1. The van der Waals surface area contributed by atoms with Gasteiger partial charge in [0.25, 0.3) is 5.91 Å². The fraction of sp³-hybridized carbons (Fsp3) is 0.391. The Morgan fingerprint density at radius 3 is 2.45 bits per heavy atom. The van der Waals surface area contributed by atoms with Crippen LogP contribution in [0.3, 0.4) is 0 Å². The van der Waals surface area contributed by atoms with Gasteiger partial charge < -0.3 is 20.7 Å². The molecule has 0 bridgehead atoms. The lowest BCUT2D eigenvalue weighted by Crippen LogP contribution is -2.48. The number of hydrogen-bond acceptors (Lipinski definition) is 3. The molecule has 0 saturated carbocycles. The third kappa shape index (κ3) is 8.51. The maximum Gasteiger partial charge on any atom is 0.315 e. The van der Waals surface area contributed by atoms with Crippen molar-refractivity contribution in [3.8, 4) is 0 Å². The predicted molar refractivity (Wildman–Crippen MR) is 128 cm³/mol. The van der Waals surface area contributed by atoms with E-state index in [-0.39, 0.29) is 5.82 Å². The molecule has 1 atom stereocenters. The summed E-state index contributed by atoms with van der Waals surface area (Å²) < 4.78 is 19.7. The summed E-state index contributed by atoms with van der Waals surface area (Å²) in [4.78, 5) is 25.0. The van der Waals surface area contributed by atoms with Gasteiger partial charge in [-0.1, -0.05) is 50.5 Å². The van der Waals surface area contributed by atoms with Crippen LogP contribution in [0.5, 0.6) is 0 Å². The number of halogens is 1. The average Bonchev–Trinajstić information content (AvgIpc) is 2.68. The molecule has 1 rings (SSSR count). The second-order valence-electron chi connectivity index (χ2n) is 8.08. The topological polar surface area (TPSA) is 79.5 Å². The minimum Gasteiger partial charge on any atom is -0.380 e. The van der Waals surface area contributed by atoms with Crippen LogP contribution in [0.2, 0.25) is 19.6 Å². The normalized spacial score (nSPS) is 13.1. The first kappa shape index (κ1) is 26.3. The molecule has 0 aliphatic carbocycles. The lowest BCUT2D eigenvalue weighted by atomic mass is 10.1. The molecule has 31 heavy (non-hydrogen) atoms. The van der Waals surface area contributed by atoms with Crippen molar-refractivity contribution in [3.63, 3.8) is 0 Å². The van der Waals surface area contributed by atoms with E-state index >= 15 is 0 Å². The summed E-state index contributed by atoms with van der Waals surface area (Å²) in [6.07, 6.45) is 5.30. The van der Waals surface area contributed by atoms with Gasteiger partial charge in [0.2, 0.25) is 0 Å². The smallest absolute Gasteiger partial charge is 0.315 e. The minimum absolute atomic E-state index is 0.317. The molecule has 0 spiro atoms. The lowest BCUT2D eigenvalue weighted by molar-refractivity contribution is -0.117. The number of methoxy groups -OCH3 is 1. The number of hydrogen-bond donors (Lipinski definition) is 3. The standard InChI is InChI=1S/C23H34FN3O3Si/c1-8-17(15-30-4)11-10-16(3)21(27-23(29)25-9-2)22(28)26-18-12-13-20(19(24)14-18)31(5,6)7/h8,10-14,21H,3,9,15H2,1-2,4-7H3,(H,26,28)(H2,25,27,29)/b11-10-,17-8+/t21-/m1/s1. The molecule has 1 aromatic carbocycles. The zero-order valence-electron chi connectivity index (χ0n) is 19.3. The second kappa shape index (κ2) is 12.2. The Labute approximate surface area is 185 Å². The van der Waals surface area contributed by atoms with Gasteiger partial charge in [0, 0.05) is 19.3 Å². The third-order valence-electron chi connectivity index (χ3n) is 4.48. The van der Waals surface area contributed by atoms with Crippen LogP contribution < -0.4 is 21.1 Å². The summed E-state index contributed by atoms with van der Waals surface area (Å²) in [7, 11) is -0.246. The van der Waals surface area contributed by atoms with Crippen molar-refractivity contribution in [2.45, 2.75) is 39.5 Å². The third-order valence-corrected chi connectivity index (χ3v) is 6.51. The summed E-state index contributed by atoms with van der Waals surface area (Å²) in [5, 5.41) is 8.57. The molecule has 1 aromatic rings. The van der Waals surface area contributed by atoms with Crippen molar-refractivity contribution >= 4 is 30.9 Å². The van der Waals surface area contributed by atoms with Crippen LogP contribution in [-0.4, -0.2) is 46.3 Å². The summed E-state index contributed by atoms with van der Waals surface area (Å²) in [6, 6.07) is 3.15. The quantitative estimate of drug-likeness (QED) is 0.378. The Kier molecular flexibility index (Phi) is 10.4. The number of amides is 3. The number of ether oxygens (including phenoxy) is 1. The van der Waals surface area contributed by atoms with Crippen LogP contribution >= 0.6 is 0 Å². The van der Waals surface area contributed by atoms with Crippen LogP contribution in [-0.2, 0) is 9.53 Å². The van der Waals surface area contributed by atoms with Crippen LogP contribution in [0.1, 0.15) is 13.8 Å². The number of rotatable bonds is 10. The largest absolute Gasteiger partial charge is 0.380 e. The van der Waals surface area contributed by atoms with E-state index < -0.39 is 26.1 Å². The molecular weight excluding hydrogens is 413 g/mol. The molecule has 3 N–H and O–H groups in total. The number of urea groups is 1. The summed E-state index contributed by atoms with van der Waals surface area (Å²) in [6.45, 7) is 14.5. The van der Waals surface area contributed by atoms with E-state index in [1.807, 2.05) is 13.0 Å². The molecule has 0 unspecified atom stereocenters. The Bertz CT molecular complexity index is 860. The van der Waals surface area contributed by atoms with Gasteiger partial charge in [-0.05, 0) is 42.3 Å². The molecule has 8 heteroatoms. The van der Waals surface area contributed by atoms with Crippen LogP contribution in [0.15, 0.2) is 54.2 Å². The number of carbonyl (C=O) groups is 2. The van der Waals surface area contributed by atoms with Crippen LogP contribution in [0.25, 0.3) is 0 Å². The number of allylic oxidation sites excluding steroid dienone is 1. The first-order chi connectivity index (χ1) is 14.5. The van der Waals surface area contributed by atoms with Gasteiger partial charge in [-0.15, -0.1) is 0 Å². The number of nitrogens with one attached hydrogen (secondary N) is 3. The van der Waals surface area contributed by atoms with Gasteiger partial charge in [0.1, 0.15) is 11.9 Å². The molecule has 6 nitrogen and oxygen atoms in total. The van der Waals surface area contributed by atoms with E-state index in [0.717, 1.165) is 5.57 Å². The van der Waals surface area contributed by atoms with E-state index in [4.69, 9.17) is 4.74 Å². The van der Waals surface area contributed by atoms with E-state index in [2.05, 4.69) is 42.2 Å². The Morgan fingerprint density at radius 2 is 1.94 bits per heavy atom. The number of carbonyl (C=O) groups excluding carboxylic acids is 2. The predicted octanol–water partition coefficient (Wildman–Crippen LogP) is 3.70. The highest BCUT2D eigenvalue weighted by atomic mass is 28.3. The molecule has 0 heterocycles. The highest BCUT2D eigenvalue weighted by Crippen LogP contribution is 2.14. The highest BCUT2D eigenvalue weighted by Gasteiger charge is 2.24. The van der Waals surface area contributed by atoms with E-state index in [9.17, 15) is 14.0 Å². The van der Waals surface area contributed by atoms with E-state index in [0.29, 0.717) is 29.6 Å². The summed E-state index contributed by atoms with van der Waals surface area (Å²) in [5.41, 5.74) is 1.58. The molecule has 170 valence electrons. The monoisotopic (exact) mass is 447 g/mol. The van der Waals surface area contributed by atoms with Crippen LogP contribution in [0, 0.1) is 5.82 Å². The molecule has 0 aromatic heterocycles. The summed E-state index contributed by atoms with van der Waals surface area (Å²) >= 11 is 0.